The van der Waals surface area contributed by atoms with Crippen LogP contribution < -0.4 is 0 Å². The Kier molecular flexibility index (Phi) is 2.97. The molecule has 0 atom stereocenters. The molecular weight excluding hydrogens is 294 g/mol. The zero-order valence-corrected chi connectivity index (χ0v) is 13.0. The SMILES string of the molecule is Cc1cc(-c2cnc3n[nH]c(-c4sccc4C)c3n2)ccn1. The molecule has 1 N–H and O–H groups in total. The van der Waals surface area contributed by atoms with Crippen LogP contribution in [0.3, 0.4) is 0 Å². The van der Waals surface area contributed by atoms with Gasteiger partial charge in [0.1, 0.15) is 11.2 Å². The van der Waals surface area contributed by atoms with Gasteiger partial charge in [-0.05, 0) is 43.0 Å². The van der Waals surface area contributed by atoms with E-state index in [1.54, 1.807) is 23.7 Å². The van der Waals surface area contributed by atoms with E-state index in [-0.39, 0.29) is 0 Å². The van der Waals surface area contributed by atoms with Gasteiger partial charge in [-0.2, -0.15) is 5.10 Å². The topological polar surface area (TPSA) is 67.3 Å². The van der Waals surface area contributed by atoms with Crippen LogP contribution in [0.5, 0.6) is 0 Å². The van der Waals surface area contributed by atoms with Crippen molar-refractivity contribution >= 4 is 22.5 Å². The Morgan fingerprint density at radius 1 is 1.14 bits per heavy atom. The average Bonchev–Trinajstić information content (AvgIpc) is 3.12. The summed E-state index contributed by atoms with van der Waals surface area (Å²) in [6.07, 6.45) is 3.54. The Bertz CT molecular complexity index is 970. The number of nitrogens with zero attached hydrogens (tertiary/aromatic N) is 4. The minimum atomic E-state index is 0.636. The van der Waals surface area contributed by atoms with Gasteiger partial charge in [-0.15, -0.1) is 11.3 Å². The second-order valence-electron chi connectivity index (χ2n) is 5.14. The lowest BCUT2D eigenvalue weighted by Gasteiger charge is -2.02. The van der Waals surface area contributed by atoms with E-state index in [1.807, 2.05) is 19.1 Å². The van der Waals surface area contributed by atoms with Crippen molar-refractivity contribution in [2.75, 3.05) is 0 Å². The first-order chi connectivity index (χ1) is 10.7. The smallest absolute Gasteiger partial charge is 0.200 e. The van der Waals surface area contributed by atoms with Crippen molar-refractivity contribution in [1.82, 2.24) is 25.1 Å². The molecule has 0 aromatic carbocycles. The van der Waals surface area contributed by atoms with Gasteiger partial charge in [-0.3, -0.25) is 10.1 Å². The molecule has 0 saturated heterocycles. The lowest BCUT2D eigenvalue weighted by Crippen LogP contribution is -1.89. The van der Waals surface area contributed by atoms with Crippen LogP contribution >= 0.6 is 11.3 Å². The standard InChI is InChI=1S/C16H13N5S/c1-9-4-6-22-15(9)13-14-16(21-20-13)18-8-12(19-14)11-3-5-17-10(2)7-11/h3-8H,1-2H3,(H,18,20,21). The first-order valence-electron chi connectivity index (χ1n) is 6.91. The molecule has 0 radical (unpaired) electrons. The van der Waals surface area contributed by atoms with Crippen LogP contribution in [-0.4, -0.2) is 25.1 Å². The molecule has 22 heavy (non-hydrogen) atoms. The van der Waals surface area contributed by atoms with Crippen LogP contribution in [0, 0.1) is 13.8 Å². The van der Waals surface area contributed by atoms with E-state index >= 15 is 0 Å². The summed E-state index contributed by atoms with van der Waals surface area (Å²) in [7, 11) is 0. The van der Waals surface area contributed by atoms with E-state index in [0.717, 1.165) is 33.0 Å². The largest absolute Gasteiger partial charge is 0.273 e. The number of fused-ring (bicyclic) bond motifs is 1. The zero-order chi connectivity index (χ0) is 15.1. The molecule has 0 aliphatic heterocycles. The molecule has 4 heterocycles. The predicted molar refractivity (Wildman–Crippen MR) is 87.7 cm³/mol. The number of nitrogens with one attached hydrogen (secondary N) is 1. The van der Waals surface area contributed by atoms with Crippen LogP contribution in [0.1, 0.15) is 11.3 Å². The third kappa shape index (κ3) is 2.08. The van der Waals surface area contributed by atoms with Gasteiger partial charge in [-0.1, -0.05) is 0 Å². The van der Waals surface area contributed by atoms with Gasteiger partial charge in [0.15, 0.2) is 5.65 Å². The van der Waals surface area contributed by atoms with Gasteiger partial charge >= 0.3 is 0 Å². The first kappa shape index (κ1) is 13.1. The summed E-state index contributed by atoms with van der Waals surface area (Å²) < 4.78 is 0. The van der Waals surface area contributed by atoms with Gasteiger partial charge in [0, 0.05) is 17.5 Å². The number of hydrogen-bond acceptors (Lipinski definition) is 5. The number of aryl methyl sites for hydroxylation is 2. The molecule has 6 heteroatoms. The molecule has 108 valence electrons. The number of aromatic amines is 1. The Hall–Kier alpha value is -2.60. The summed E-state index contributed by atoms with van der Waals surface area (Å²) in [5, 5.41) is 9.40. The molecule has 0 aliphatic carbocycles. The highest BCUT2D eigenvalue weighted by Crippen LogP contribution is 2.32. The third-order valence-corrected chi connectivity index (χ3v) is 4.58. The molecule has 4 rings (SSSR count). The van der Waals surface area contributed by atoms with E-state index in [9.17, 15) is 0 Å². The van der Waals surface area contributed by atoms with Gasteiger partial charge < -0.3 is 0 Å². The summed E-state index contributed by atoms with van der Waals surface area (Å²) in [6, 6.07) is 6.04. The van der Waals surface area contributed by atoms with Crippen molar-refractivity contribution in [1.29, 1.82) is 0 Å². The molecule has 0 fully saturated rings. The first-order valence-corrected chi connectivity index (χ1v) is 7.79. The molecule has 5 nitrogen and oxygen atoms in total. The molecule has 0 unspecified atom stereocenters. The number of thiophene rings is 1. The quantitative estimate of drug-likeness (QED) is 0.612. The van der Waals surface area contributed by atoms with Crippen molar-refractivity contribution in [3.63, 3.8) is 0 Å². The van der Waals surface area contributed by atoms with Gasteiger partial charge in [0.05, 0.1) is 16.8 Å². The fourth-order valence-corrected chi connectivity index (χ4v) is 3.35. The third-order valence-electron chi connectivity index (χ3n) is 3.55. The van der Waals surface area contributed by atoms with Crippen molar-refractivity contribution in [3.8, 4) is 21.8 Å². The number of pyridine rings is 1. The fourth-order valence-electron chi connectivity index (χ4n) is 2.43. The second-order valence-corrected chi connectivity index (χ2v) is 6.06. The Balaban J connectivity index is 1.92. The van der Waals surface area contributed by atoms with E-state index in [2.05, 4.69) is 38.5 Å². The number of hydrogen-bond donors (Lipinski definition) is 1. The summed E-state index contributed by atoms with van der Waals surface area (Å²) in [5.41, 5.74) is 6.38. The van der Waals surface area contributed by atoms with Gasteiger partial charge in [0.25, 0.3) is 0 Å². The average molecular weight is 307 g/mol. The maximum atomic E-state index is 4.77. The lowest BCUT2D eigenvalue weighted by molar-refractivity contribution is 1.10. The Morgan fingerprint density at radius 2 is 2.05 bits per heavy atom. The van der Waals surface area contributed by atoms with Crippen molar-refractivity contribution < 1.29 is 0 Å². The Labute approximate surface area is 131 Å². The Morgan fingerprint density at radius 3 is 2.82 bits per heavy atom. The molecular formula is C16H13N5S. The number of rotatable bonds is 2. The predicted octanol–water partition coefficient (Wildman–Crippen LogP) is 3.76. The van der Waals surface area contributed by atoms with E-state index in [0.29, 0.717) is 5.65 Å². The summed E-state index contributed by atoms with van der Waals surface area (Å²) >= 11 is 1.68. The van der Waals surface area contributed by atoms with E-state index in [4.69, 9.17) is 4.98 Å². The zero-order valence-electron chi connectivity index (χ0n) is 12.2. The highest BCUT2D eigenvalue weighted by molar-refractivity contribution is 7.13. The van der Waals surface area contributed by atoms with Crippen LogP contribution in [0.4, 0.5) is 0 Å². The molecule has 0 saturated carbocycles. The fraction of sp³-hybridized carbons (Fsp3) is 0.125. The van der Waals surface area contributed by atoms with E-state index in [1.165, 1.54) is 5.56 Å². The second kappa shape index (κ2) is 4.99. The monoisotopic (exact) mass is 307 g/mol. The summed E-state index contributed by atoms with van der Waals surface area (Å²) in [5.74, 6) is 0. The minimum Gasteiger partial charge on any atom is -0.273 e. The molecule has 4 aromatic rings. The van der Waals surface area contributed by atoms with Gasteiger partial charge in [-0.25, -0.2) is 9.97 Å². The van der Waals surface area contributed by atoms with E-state index < -0.39 is 0 Å². The van der Waals surface area contributed by atoms with Crippen molar-refractivity contribution in [2.24, 2.45) is 0 Å². The molecule has 0 aliphatic rings. The summed E-state index contributed by atoms with van der Waals surface area (Å²) in [4.78, 5) is 14.6. The lowest BCUT2D eigenvalue weighted by atomic mass is 10.1. The molecule has 0 bridgehead atoms. The van der Waals surface area contributed by atoms with Crippen LogP contribution in [-0.2, 0) is 0 Å². The number of H-pyrrole nitrogens is 1. The highest BCUT2D eigenvalue weighted by Gasteiger charge is 2.14. The maximum absolute atomic E-state index is 4.77. The maximum Gasteiger partial charge on any atom is 0.200 e. The molecule has 4 aromatic heterocycles. The van der Waals surface area contributed by atoms with Crippen LogP contribution in [0.2, 0.25) is 0 Å². The molecule has 0 spiro atoms. The highest BCUT2D eigenvalue weighted by atomic mass is 32.1. The van der Waals surface area contributed by atoms with Crippen LogP contribution in [0.25, 0.3) is 33.0 Å². The van der Waals surface area contributed by atoms with Gasteiger partial charge in [0.2, 0.25) is 0 Å². The minimum absolute atomic E-state index is 0.636. The van der Waals surface area contributed by atoms with Crippen molar-refractivity contribution in [3.05, 3.63) is 47.2 Å². The van der Waals surface area contributed by atoms with Crippen molar-refractivity contribution in [2.45, 2.75) is 13.8 Å². The number of aromatic nitrogens is 5. The normalized spacial score (nSPS) is 11.2. The van der Waals surface area contributed by atoms with Crippen LogP contribution in [0.15, 0.2) is 36.0 Å². The molecule has 0 amide bonds. The summed E-state index contributed by atoms with van der Waals surface area (Å²) in [6.45, 7) is 4.05.